The molecule has 0 saturated carbocycles. The number of carbonyl (C=O) groups excluding carboxylic acids is 4. The van der Waals surface area contributed by atoms with E-state index in [9.17, 15) is 19.2 Å². The predicted octanol–water partition coefficient (Wildman–Crippen LogP) is -0.155. The van der Waals surface area contributed by atoms with E-state index in [1.807, 2.05) is 0 Å². The zero-order valence-corrected chi connectivity index (χ0v) is 17.3. The SMILES string of the molecule is CC1(C)C(=O)NC(=O)N1CC(=O)N1CCCC(CNC(=O)C2CCCN2)C1.Cl. The van der Waals surface area contributed by atoms with Crippen LogP contribution in [-0.4, -0.2) is 77.9 Å². The van der Waals surface area contributed by atoms with Gasteiger partial charge < -0.3 is 20.4 Å². The van der Waals surface area contributed by atoms with Crippen molar-refractivity contribution in [3.05, 3.63) is 0 Å². The van der Waals surface area contributed by atoms with Gasteiger partial charge in [-0.05, 0) is 52.0 Å². The molecule has 3 heterocycles. The monoisotopic (exact) mass is 415 g/mol. The molecular formula is C18H30ClN5O4. The third kappa shape index (κ3) is 4.75. The van der Waals surface area contributed by atoms with Gasteiger partial charge in [0, 0.05) is 19.6 Å². The first-order chi connectivity index (χ1) is 12.8. The molecule has 3 fully saturated rings. The Morgan fingerprint density at radius 3 is 2.57 bits per heavy atom. The highest BCUT2D eigenvalue weighted by molar-refractivity contribution is 6.07. The molecule has 2 unspecified atom stereocenters. The van der Waals surface area contributed by atoms with Gasteiger partial charge in [-0.3, -0.25) is 19.7 Å². The van der Waals surface area contributed by atoms with Gasteiger partial charge in [0.05, 0.1) is 6.04 Å². The highest BCUT2D eigenvalue weighted by Gasteiger charge is 2.46. The Balaban J connectivity index is 0.00000280. The third-order valence-corrected chi connectivity index (χ3v) is 5.80. The first-order valence-electron chi connectivity index (χ1n) is 9.71. The molecule has 3 N–H and O–H groups in total. The van der Waals surface area contributed by atoms with Crippen molar-refractivity contribution < 1.29 is 19.2 Å². The summed E-state index contributed by atoms with van der Waals surface area (Å²) in [6.45, 7) is 5.77. The lowest BCUT2D eigenvalue weighted by atomic mass is 9.97. The maximum absolute atomic E-state index is 12.7. The number of rotatable bonds is 5. The number of nitrogens with one attached hydrogen (secondary N) is 3. The van der Waals surface area contributed by atoms with Crippen molar-refractivity contribution in [3.63, 3.8) is 0 Å². The van der Waals surface area contributed by atoms with Gasteiger partial charge in [-0.2, -0.15) is 0 Å². The molecule has 5 amide bonds. The van der Waals surface area contributed by atoms with Crippen molar-refractivity contribution in [1.82, 2.24) is 25.8 Å². The van der Waals surface area contributed by atoms with Gasteiger partial charge in [-0.15, -0.1) is 12.4 Å². The van der Waals surface area contributed by atoms with Gasteiger partial charge in [-0.25, -0.2) is 4.79 Å². The molecule has 3 saturated heterocycles. The molecule has 158 valence electrons. The van der Waals surface area contributed by atoms with Crippen LogP contribution in [0.2, 0.25) is 0 Å². The number of amides is 5. The second-order valence-electron chi connectivity index (χ2n) is 8.15. The maximum atomic E-state index is 12.7. The molecule has 3 aliphatic rings. The van der Waals surface area contributed by atoms with Gasteiger partial charge in [0.15, 0.2) is 0 Å². The van der Waals surface area contributed by atoms with Crippen LogP contribution in [0.5, 0.6) is 0 Å². The van der Waals surface area contributed by atoms with E-state index in [1.165, 1.54) is 4.90 Å². The summed E-state index contributed by atoms with van der Waals surface area (Å²) in [4.78, 5) is 51.6. The van der Waals surface area contributed by atoms with Gasteiger partial charge in [-0.1, -0.05) is 0 Å². The van der Waals surface area contributed by atoms with E-state index in [1.54, 1.807) is 18.7 Å². The molecule has 0 bridgehead atoms. The summed E-state index contributed by atoms with van der Waals surface area (Å²) in [7, 11) is 0. The van der Waals surface area contributed by atoms with Crippen molar-refractivity contribution >= 4 is 36.2 Å². The molecule has 2 atom stereocenters. The number of likely N-dealkylation sites (tertiary alicyclic amines) is 1. The number of nitrogens with zero attached hydrogens (tertiary/aromatic N) is 2. The highest BCUT2D eigenvalue weighted by Crippen LogP contribution is 2.22. The highest BCUT2D eigenvalue weighted by atomic mass is 35.5. The summed E-state index contributed by atoms with van der Waals surface area (Å²) < 4.78 is 0. The molecule has 0 aromatic carbocycles. The van der Waals surface area contributed by atoms with Crippen LogP contribution in [0.1, 0.15) is 39.5 Å². The van der Waals surface area contributed by atoms with Crippen LogP contribution in [0.3, 0.4) is 0 Å². The minimum Gasteiger partial charge on any atom is -0.354 e. The zero-order valence-electron chi connectivity index (χ0n) is 16.5. The van der Waals surface area contributed by atoms with E-state index >= 15 is 0 Å². The average molecular weight is 416 g/mol. The Bertz CT molecular complexity index is 635. The topological polar surface area (TPSA) is 111 Å². The number of hydrogen-bond donors (Lipinski definition) is 3. The molecule has 3 aliphatic heterocycles. The number of hydrogen-bond acceptors (Lipinski definition) is 5. The largest absolute Gasteiger partial charge is 0.354 e. The molecule has 0 aromatic heterocycles. The molecule has 0 spiro atoms. The number of carbonyl (C=O) groups is 4. The molecule has 0 aliphatic carbocycles. The fourth-order valence-electron chi connectivity index (χ4n) is 3.93. The number of halogens is 1. The zero-order chi connectivity index (χ0) is 19.6. The van der Waals surface area contributed by atoms with Crippen molar-refractivity contribution in [1.29, 1.82) is 0 Å². The van der Waals surface area contributed by atoms with Gasteiger partial charge >= 0.3 is 6.03 Å². The van der Waals surface area contributed by atoms with Gasteiger partial charge in [0.1, 0.15) is 12.1 Å². The van der Waals surface area contributed by atoms with E-state index in [0.717, 1.165) is 32.2 Å². The lowest BCUT2D eigenvalue weighted by Crippen LogP contribution is -2.52. The summed E-state index contributed by atoms with van der Waals surface area (Å²) in [5.74, 6) is -0.318. The maximum Gasteiger partial charge on any atom is 0.325 e. The van der Waals surface area contributed by atoms with Crippen LogP contribution in [0.4, 0.5) is 4.79 Å². The number of urea groups is 1. The van der Waals surface area contributed by atoms with Gasteiger partial charge in [0.2, 0.25) is 11.8 Å². The average Bonchev–Trinajstić information content (AvgIpc) is 3.24. The normalized spacial score (nSPS) is 26.6. The molecule has 28 heavy (non-hydrogen) atoms. The summed E-state index contributed by atoms with van der Waals surface area (Å²) in [6.07, 6.45) is 3.71. The van der Waals surface area contributed by atoms with E-state index < -0.39 is 11.6 Å². The molecule has 0 aromatic rings. The Kier molecular flexibility index (Phi) is 7.28. The summed E-state index contributed by atoms with van der Waals surface area (Å²) in [6, 6.07) is -0.622. The minimum absolute atomic E-state index is 0. The first-order valence-corrected chi connectivity index (χ1v) is 9.71. The van der Waals surface area contributed by atoms with Crippen LogP contribution in [-0.2, 0) is 14.4 Å². The Morgan fingerprint density at radius 2 is 1.96 bits per heavy atom. The summed E-state index contributed by atoms with van der Waals surface area (Å²) >= 11 is 0. The van der Waals surface area contributed by atoms with Crippen molar-refractivity contribution in [2.45, 2.75) is 51.1 Å². The first kappa shape index (κ1) is 22.4. The third-order valence-electron chi connectivity index (χ3n) is 5.80. The Morgan fingerprint density at radius 1 is 1.21 bits per heavy atom. The Hall–Kier alpha value is -1.87. The lowest BCUT2D eigenvalue weighted by molar-refractivity contribution is -0.135. The second-order valence-corrected chi connectivity index (χ2v) is 8.15. The summed E-state index contributed by atoms with van der Waals surface area (Å²) in [5, 5.41) is 8.43. The standard InChI is InChI=1S/C18H29N5O4.ClH/c1-18(2)16(26)21-17(27)23(18)11-14(24)22-8-4-5-12(10-22)9-20-15(25)13-6-3-7-19-13;/h12-13,19H,3-11H2,1-2H3,(H,20,25)(H,21,26,27);1H. The van der Waals surface area contributed by atoms with Crippen LogP contribution in [0, 0.1) is 5.92 Å². The van der Waals surface area contributed by atoms with E-state index in [0.29, 0.717) is 19.6 Å². The van der Waals surface area contributed by atoms with E-state index in [4.69, 9.17) is 0 Å². The fourth-order valence-corrected chi connectivity index (χ4v) is 3.93. The molecule has 3 rings (SSSR count). The van der Waals surface area contributed by atoms with Crippen molar-refractivity contribution in [2.24, 2.45) is 5.92 Å². The van der Waals surface area contributed by atoms with Crippen LogP contribution >= 0.6 is 12.4 Å². The lowest BCUT2D eigenvalue weighted by Gasteiger charge is -2.35. The van der Waals surface area contributed by atoms with Crippen molar-refractivity contribution in [3.8, 4) is 0 Å². The molecule has 9 nitrogen and oxygen atoms in total. The van der Waals surface area contributed by atoms with E-state index in [2.05, 4.69) is 16.0 Å². The van der Waals surface area contributed by atoms with Gasteiger partial charge in [0.25, 0.3) is 5.91 Å². The van der Waals surface area contributed by atoms with Crippen molar-refractivity contribution in [2.75, 3.05) is 32.7 Å². The predicted molar refractivity (Wildman–Crippen MR) is 105 cm³/mol. The number of piperidine rings is 1. The fraction of sp³-hybridized carbons (Fsp3) is 0.778. The van der Waals surface area contributed by atoms with Crippen LogP contribution in [0.25, 0.3) is 0 Å². The minimum atomic E-state index is -1.02. The molecule has 0 radical (unpaired) electrons. The molecular weight excluding hydrogens is 386 g/mol. The Labute approximate surface area is 171 Å². The van der Waals surface area contributed by atoms with Crippen LogP contribution < -0.4 is 16.0 Å². The quantitative estimate of drug-likeness (QED) is 0.540. The summed E-state index contributed by atoms with van der Waals surface area (Å²) in [5.41, 5.74) is -1.02. The second kappa shape index (κ2) is 9.09. The van der Waals surface area contributed by atoms with Crippen LogP contribution in [0.15, 0.2) is 0 Å². The smallest absolute Gasteiger partial charge is 0.325 e. The molecule has 10 heteroatoms. The number of imide groups is 1. The van der Waals surface area contributed by atoms with E-state index in [-0.39, 0.29) is 48.6 Å².